The zero-order chi connectivity index (χ0) is 20.8. The molecule has 4 heteroatoms. The number of anilines is 1. The summed E-state index contributed by atoms with van der Waals surface area (Å²) < 4.78 is 0. The normalized spacial score (nSPS) is 15.9. The average Bonchev–Trinajstić information content (AvgIpc) is 2.79. The van der Waals surface area contributed by atoms with E-state index >= 15 is 0 Å². The van der Waals surface area contributed by atoms with E-state index in [1.54, 1.807) is 0 Å². The summed E-state index contributed by atoms with van der Waals surface area (Å²) in [6.07, 6.45) is 0. The van der Waals surface area contributed by atoms with Crippen LogP contribution in [-0.2, 0) is 0 Å². The minimum absolute atomic E-state index is 0.344. The predicted molar refractivity (Wildman–Crippen MR) is 132 cm³/mol. The van der Waals surface area contributed by atoms with Gasteiger partial charge in [-0.05, 0) is 47.9 Å². The Balaban J connectivity index is 1.32. The van der Waals surface area contributed by atoms with E-state index in [-0.39, 0.29) is 0 Å². The number of hydrogen-bond donors (Lipinski definition) is 0. The summed E-state index contributed by atoms with van der Waals surface area (Å²) in [7, 11) is 0. The Kier molecular flexibility index (Phi) is 7.37. The van der Waals surface area contributed by atoms with Crippen molar-refractivity contribution >= 4 is 29.1 Å². The van der Waals surface area contributed by atoms with Crippen molar-refractivity contribution in [2.45, 2.75) is 12.2 Å². The number of hydrogen-bond acceptors (Lipinski definition) is 3. The number of benzene rings is 3. The van der Waals surface area contributed by atoms with Crippen molar-refractivity contribution in [1.82, 2.24) is 4.90 Å². The molecule has 0 saturated carbocycles. The van der Waals surface area contributed by atoms with Gasteiger partial charge < -0.3 is 4.90 Å². The molecule has 3 aromatic carbocycles. The van der Waals surface area contributed by atoms with Crippen LogP contribution >= 0.6 is 23.4 Å². The molecule has 4 rings (SSSR count). The standard InChI is InChI=1S/C26H29ClN2S/c1-21-6-5-9-25(20-21)29-16-14-28(15-17-29)18-19-30-26(22-7-3-2-4-8-22)23-10-12-24(27)13-11-23/h2-13,20,26H,14-19H2,1H3. The molecule has 1 atom stereocenters. The molecule has 2 nitrogen and oxygen atoms in total. The molecule has 156 valence electrons. The summed E-state index contributed by atoms with van der Waals surface area (Å²) in [4.78, 5) is 5.11. The molecule has 0 spiro atoms. The van der Waals surface area contributed by atoms with E-state index in [0.29, 0.717) is 5.25 Å². The van der Waals surface area contributed by atoms with Crippen molar-refractivity contribution in [1.29, 1.82) is 0 Å². The van der Waals surface area contributed by atoms with E-state index in [2.05, 4.69) is 83.5 Å². The van der Waals surface area contributed by atoms with Crippen LogP contribution in [0.5, 0.6) is 0 Å². The first kappa shape index (κ1) is 21.3. The third kappa shape index (κ3) is 5.60. The van der Waals surface area contributed by atoms with Gasteiger partial charge in [-0.2, -0.15) is 0 Å². The summed E-state index contributed by atoms with van der Waals surface area (Å²) in [6, 6.07) is 28.0. The number of halogens is 1. The van der Waals surface area contributed by atoms with Gasteiger partial charge in [0.05, 0.1) is 5.25 Å². The van der Waals surface area contributed by atoms with Gasteiger partial charge in [-0.1, -0.05) is 66.2 Å². The number of aryl methyl sites for hydroxylation is 1. The lowest BCUT2D eigenvalue weighted by Crippen LogP contribution is -2.47. The molecule has 0 aromatic heterocycles. The lowest BCUT2D eigenvalue weighted by molar-refractivity contribution is 0.273. The van der Waals surface area contributed by atoms with Crippen molar-refractivity contribution < 1.29 is 0 Å². The predicted octanol–water partition coefficient (Wildman–Crippen LogP) is 6.29. The third-order valence-corrected chi connectivity index (χ3v) is 7.25. The number of nitrogens with zero attached hydrogens (tertiary/aromatic N) is 2. The van der Waals surface area contributed by atoms with Gasteiger partial charge >= 0.3 is 0 Å². The van der Waals surface area contributed by atoms with Crippen LogP contribution in [-0.4, -0.2) is 43.4 Å². The molecule has 0 aliphatic carbocycles. The van der Waals surface area contributed by atoms with Gasteiger partial charge in [-0.3, -0.25) is 4.90 Å². The molecule has 0 radical (unpaired) electrons. The monoisotopic (exact) mass is 436 g/mol. The van der Waals surface area contributed by atoms with Crippen LogP contribution in [0, 0.1) is 6.92 Å². The van der Waals surface area contributed by atoms with Gasteiger partial charge in [0.1, 0.15) is 0 Å². The zero-order valence-corrected chi connectivity index (χ0v) is 19.1. The molecule has 1 aliphatic rings. The second-order valence-electron chi connectivity index (χ2n) is 7.88. The molecule has 0 N–H and O–H groups in total. The first-order chi connectivity index (χ1) is 14.7. The smallest absolute Gasteiger partial charge is 0.0547 e. The quantitative estimate of drug-likeness (QED) is 0.429. The van der Waals surface area contributed by atoms with Crippen molar-refractivity contribution in [3.63, 3.8) is 0 Å². The summed E-state index contributed by atoms with van der Waals surface area (Å²) in [5, 5.41) is 1.14. The fraction of sp³-hybridized carbons (Fsp3) is 0.308. The molecule has 0 amide bonds. The maximum absolute atomic E-state index is 6.12. The number of rotatable bonds is 7. The first-order valence-electron chi connectivity index (χ1n) is 10.6. The number of thioether (sulfide) groups is 1. The number of piperazine rings is 1. The van der Waals surface area contributed by atoms with Crippen LogP contribution in [0.1, 0.15) is 21.9 Å². The van der Waals surface area contributed by atoms with Crippen molar-refractivity contribution in [2.24, 2.45) is 0 Å². The Hall–Kier alpha value is -1.94. The lowest BCUT2D eigenvalue weighted by Gasteiger charge is -2.36. The van der Waals surface area contributed by atoms with Crippen LogP contribution in [0.3, 0.4) is 0 Å². The van der Waals surface area contributed by atoms with Crippen LogP contribution < -0.4 is 4.90 Å². The second kappa shape index (κ2) is 10.4. The minimum Gasteiger partial charge on any atom is -0.369 e. The van der Waals surface area contributed by atoms with Gasteiger partial charge in [0.2, 0.25) is 0 Å². The molecular weight excluding hydrogens is 408 g/mol. The highest BCUT2D eigenvalue weighted by molar-refractivity contribution is 7.99. The van der Waals surface area contributed by atoms with E-state index < -0.39 is 0 Å². The van der Waals surface area contributed by atoms with Crippen molar-refractivity contribution in [3.8, 4) is 0 Å². The van der Waals surface area contributed by atoms with E-state index in [9.17, 15) is 0 Å². The highest BCUT2D eigenvalue weighted by Crippen LogP contribution is 2.36. The highest BCUT2D eigenvalue weighted by Gasteiger charge is 2.19. The SMILES string of the molecule is Cc1cccc(N2CCN(CCSC(c3ccccc3)c3ccc(Cl)cc3)CC2)c1. The van der Waals surface area contributed by atoms with Crippen molar-refractivity contribution in [3.05, 3.63) is 101 Å². The van der Waals surface area contributed by atoms with Gasteiger partial charge in [0.15, 0.2) is 0 Å². The topological polar surface area (TPSA) is 6.48 Å². The molecule has 0 bridgehead atoms. The molecule has 3 aromatic rings. The third-order valence-electron chi connectivity index (χ3n) is 5.71. The second-order valence-corrected chi connectivity index (χ2v) is 9.53. The summed E-state index contributed by atoms with van der Waals surface area (Å²) in [6.45, 7) is 7.77. The van der Waals surface area contributed by atoms with Crippen LogP contribution in [0.2, 0.25) is 5.02 Å². The molecule has 1 fully saturated rings. The molecule has 30 heavy (non-hydrogen) atoms. The van der Waals surface area contributed by atoms with E-state index in [1.807, 2.05) is 23.9 Å². The summed E-state index contributed by atoms with van der Waals surface area (Å²) >= 11 is 8.14. The van der Waals surface area contributed by atoms with Gasteiger partial charge in [-0.15, -0.1) is 11.8 Å². The Morgan fingerprint density at radius 1 is 0.833 bits per heavy atom. The fourth-order valence-electron chi connectivity index (χ4n) is 4.00. The Bertz CT molecular complexity index is 921. The van der Waals surface area contributed by atoms with Gasteiger partial charge in [-0.25, -0.2) is 0 Å². The van der Waals surface area contributed by atoms with Crippen LogP contribution in [0.25, 0.3) is 0 Å². The Morgan fingerprint density at radius 3 is 2.23 bits per heavy atom. The molecule has 1 unspecified atom stereocenters. The molecule has 1 aliphatic heterocycles. The van der Waals surface area contributed by atoms with Crippen LogP contribution in [0.4, 0.5) is 5.69 Å². The first-order valence-corrected chi connectivity index (χ1v) is 12.1. The largest absolute Gasteiger partial charge is 0.369 e. The van der Waals surface area contributed by atoms with Crippen molar-refractivity contribution in [2.75, 3.05) is 43.4 Å². The Morgan fingerprint density at radius 2 is 1.53 bits per heavy atom. The van der Waals surface area contributed by atoms with Gasteiger partial charge in [0, 0.05) is 49.2 Å². The summed E-state index contributed by atoms with van der Waals surface area (Å²) in [5.41, 5.74) is 5.37. The maximum atomic E-state index is 6.12. The fourth-order valence-corrected chi connectivity index (χ4v) is 5.43. The maximum Gasteiger partial charge on any atom is 0.0547 e. The average molecular weight is 437 g/mol. The summed E-state index contributed by atoms with van der Waals surface area (Å²) in [5.74, 6) is 1.12. The molecule has 1 heterocycles. The van der Waals surface area contributed by atoms with Crippen LogP contribution in [0.15, 0.2) is 78.9 Å². The van der Waals surface area contributed by atoms with E-state index in [1.165, 1.54) is 22.4 Å². The molecule has 1 saturated heterocycles. The van der Waals surface area contributed by atoms with Gasteiger partial charge in [0.25, 0.3) is 0 Å². The molecular formula is C26H29ClN2S. The minimum atomic E-state index is 0.344. The highest BCUT2D eigenvalue weighted by atomic mass is 35.5. The van der Waals surface area contributed by atoms with E-state index in [0.717, 1.165) is 43.5 Å². The van der Waals surface area contributed by atoms with E-state index in [4.69, 9.17) is 11.6 Å². The zero-order valence-electron chi connectivity index (χ0n) is 17.5. The lowest BCUT2D eigenvalue weighted by atomic mass is 10.0. The Labute approximate surface area is 189 Å².